The summed E-state index contributed by atoms with van der Waals surface area (Å²) in [5.41, 5.74) is 5.77. The van der Waals surface area contributed by atoms with Gasteiger partial charge in [-0.05, 0) is 43.9 Å². The quantitative estimate of drug-likeness (QED) is 0.825. The second-order valence-corrected chi connectivity index (χ2v) is 4.59. The van der Waals surface area contributed by atoms with Crippen molar-refractivity contribution in [1.29, 1.82) is 0 Å². The number of allylic oxidation sites excluding steroid dienone is 1. The number of fused-ring (bicyclic) bond motifs is 1. The summed E-state index contributed by atoms with van der Waals surface area (Å²) in [4.78, 5) is 11.1. The van der Waals surface area contributed by atoms with Gasteiger partial charge in [0.1, 0.15) is 0 Å². The van der Waals surface area contributed by atoms with Crippen LogP contribution in [0, 0.1) is 12.8 Å². The zero-order chi connectivity index (χ0) is 11.9. The molecule has 0 fully saturated rings. The molecule has 2 rings (SSSR count). The van der Waals surface area contributed by atoms with E-state index >= 15 is 0 Å². The maximum Gasteiger partial charge on any atom is 0.310 e. The van der Waals surface area contributed by atoms with Gasteiger partial charge in [-0.2, -0.15) is 0 Å². The van der Waals surface area contributed by atoms with Crippen LogP contribution in [0.1, 0.15) is 30.5 Å². The monoisotopic (exact) mass is 216 g/mol. The second kappa shape index (κ2) is 3.78. The third-order valence-corrected chi connectivity index (χ3v) is 3.27. The van der Waals surface area contributed by atoms with Crippen LogP contribution >= 0.6 is 0 Å². The van der Waals surface area contributed by atoms with Crippen molar-refractivity contribution in [2.24, 2.45) is 5.92 Å². The Bertz CT molecular complexity index is 484. The van der Waals surface area contributed by atoms with Crippen molar-refractivity contribution >= 4 is 11.5 Å². The number of benzene rings is 1. The molecular weight excluding hydrogens is 200 g/mol. The summed E-state index contributed by atoms with van der Waals surface area (Å²) in [5, 5.41) is 9.12. The van der Waals surface area contributed by atoms with E-state index < -0.39 is 11.9 Å². The Morgan fingerprint density at radius 1 is 1.38 bits per heavy atom. The maximum absolute atomic E-state index is 11.1. The standard InChI is InChI=1S/C14H16O2/c1-8-4-5-11-7-9(2)13(12(11)6-8)10(3)14(15)16/h4-6,10H,7H2,1-3H3,(H,15,16). The molecule has 0 radical (unpaired) electrons. The molecule has 1 aliphatic rings. The predicted molar refractivity (Wildman–Crippen MR) is 64.3 cm³/mol. The van der Waals surface area contributed by atoms with E-state index in [0.717, 1.165) is 17.6 Å². The highest BCUT2D eigenvalue weighted by Crippen LogP contribution is 2.37. The summed E-state index contributed by atoms with van der Waals surface area (Å²) >= 11 is 0. The Kier molecular flexibility index (Phi) is 2.58. The minimum absolute atomic E-state index is 0.414. The molecule has 1 N–H and O–H groups in total. The van der Waals surface area contributed by atoms with Gasteiger partial charge in [0.05, 0.1) is 5.92 Å². The number of hydrogen-bond acceptors (Lipinski definition) is 1. The average molecular weight is 216 g/mol. The molecule has 0 heterocycles. The molecule has 0 spiro atoms. The van der Waals surface area contributed by atoms with Gasteiger partial charge in [0, 0.05) is 0 Å². The van der Waals surface area contributed by atoms with Crippen molar-refractivity contribution in [1.82, 2.24) is 0 Å². The molecule has 2 nitrogen and oxygen atoms in total. The first-order chi connectivity index (χ1) is 7.50. The SMILES string of the molecule is CC1=C(C(C)C(=O)O)c2cc(C)ccc2C1. The number of carboxylic acids is 1. The Balaban J connectivity index is 2.52. The average Bonchev–Trinajstić information content (AvgIpc) is 2.52. The fourth-order valence-corrected chi connectivity index (χ4v) is 2.43. The molecule has 1 atom stereocenters. The lowest BCUT2D eigenvalue weighted by molar-refractivity contribution is -0.139. The normalized spacial score (nSPS) is 16.2. The first-order valence-electron chi connectivity index (χ1n) is 5.53. The fraction of sp³-hybridized carbons (Fsp3) is 0.357. The van der Waals surface area contributed by atoms with Crippen LogP contribution in [0.5, 0.6) is 0 Å². The molecule has 16 heavy (non-hydrogen) atoms. The van der Waals surface area contributed by atoms with Crippen LogP contribution in [-0.2, 0) is 11.2 Å². The molecule has 1 aromatic rings. The molecular formula is C14H16O2. The highest BCUT2D eigenvalue weighted by molar-refractivity contribution is 5.91. The van der Waals surface area contributed by atoms with Crippen molar-refractivity contribution < 1.29 is 9.90 Å². The van der Waals surface area contributed by atoms with Crippen LogP contribution < -0.4 is 0 Å². The lowest BCUT2D eigenvalue weighted by atomic mass is 9.93. The highest BCUT2D eigenvalue weighted by atomic mass is 16.4. The molecule has 1 aromatic carbocycles. The summed E-state index contributed by atoms with van der Waals surface area (Å²) < 4.78 is 0. The van der Waals surface area contributed by atoms with Gasteiger partial charge in [-0.25, -0.2) is 0 Å². The van der Waals surface area contributed by atoms with Gasteiger partial charge in [-0.15, -0.1) is 0 Å². The Hall–Kier alpha value is -1.57. The second-order valence-electron chi connectivity index (χ2n) is 4.59. The summed E-state index contributed by atoms with van der Waals surface area (Å²) in [7, 11) is 0. The lowest BCUT2D eigenvalue weighted by Crippen LogP contribution is -2.11. The minimum atomic E-state index is -0.747. The van der Waals surface area contributed by atoms with E-state index in [-0.39, 0.29) is 0 Å². The molecule has 84 valence electrons. The van der Waals surface area contributed by atoms with Crippen LogP contribution in [0.2, 0.25) is 0 Å². The van der Waals surface area contributed by atoms with Gasteiger partial charge >= 0.3 is 5.97 Å². The van der Waals surface area contributed by atoms with Gasteiger partial charge < -0.3 is 5.11 Å². The van der Waals surface area contributed by atoms with Crippen LogP contribution in [0.4, 0.5) is 0 Å². The molecule has 0 aromatic heterocycles. The predicted octanol–water partition coefficient (Wildman–Crippen LogP) is 3.05. The Morgan fingerprint density at radius 2 is 2.06 bits per heavy atom. The lowest BCUT2D eigenvalue weighted by Gasteiger charge is -2.12. The summed E-state index contributed by atoms with van der Waals surface area (Å²) in [6, 6.07) is 6.29. The van der Waals surface area contributed by atoms with Crippen molar-refractivity contribution in [3.63, 3.8) is 0 Å². The summed E-state index contributed by atoms with van der Waals surface area (Å²) in [6.45, 7) is 5.83. The van der Waals surface area contributed by atoms with Crippen molar-refractivity contribution in [2.45, 2.75) is 27.2 Å². The molecule has 0 saturated heterocycles. The van der Waals surface area contributed by atoms with E-state index in [0.29, 0.717) is 0 Å². The van der Waals surface area contributed by atoms with E-state index in [1.54, 1.807) is 6.92 Å². The zero-order valence-electron chi connectivity index (χ0n) is 9.87. The number of carbonyl (C=O) groups is 1. The third-order valence-electron chi connectivity index (χ3n) is 3.27. The number of aliphatic carboxylic acids is 1. The van der Waals surface area contributed by atoms with Crippen molar-refractivity contribution in [2.75, 3.05) is 0 Å². The van der Waals surface area contributed by atoms with Gasteiger partial charge in [0.2, 0.25) is 0 Å². The van der Waals surface area contributed by atoms with Crippen LogP contribution in [0.3, 0.4) is 0 Å². The first kappa shape index (κ1) is 10.9. The van der Waals surface area contributed by atoms with Crippen molar-refractivity contribution in [3.05, 3.63) is 40.5 Å². The Morgan fingerprint density at radius 3 is 2.69 bits per heavy atom. The summed E-state index contributed by atoms with van der Waals surface area (Å²) in [6.07, 6.45) is 0.891. The molecule has 0 aliphatic heterocycles. The van der Waals surface area contributed by atoms with Crippen LogP contribution in [-0.4, -0.2) is 11.1 Å². The molecule has 2 heteroatoms. The Labute approximate surface area is 95.6 Å². The molecule has 0 bridgehead atoms. The summed E-state index contributed by atoms with van der Waals surface area (Å²) in [5.74, 6) is -1.16. The molecule has 1 aliphatic carbocycles. The maximum atomic E-state index is 11.1. The highest BCUT2D eigenvalue weighted by Gasteiger charge is 2.26. The minimum Gasteiger partial charge on any atom is -0.481 e. The van der Waals surface area contributed by atoms with Gasteiger partial charge in [-0.1, -0.05) is 29.3 Å². The van der Waals surface area contributed by atoms with E-state index in [1.165, 1.54) is 16.7 Å². The molecule has 0 amide bonds. The van der Waals surface area contributed by atoms with Gasteiger partial charge in [-0.3, -0.25) is 4.79 Å². The zero-order valence-corrected chi connectivity index (χ0v) is 9.87. The fourth-order valence-electron chi connectivity index (χ4n) is 2.43. The molecule has 1 unspecified atom stereocenters. The van der Waals surface area contributed by atoms with E-state index in [4.69, 9.17) is 5.11 Å². The number of rotatable bonds is 2. The van der Waals surface area contributed by atoms with Gasteiger partial charge in [0.15, 0.2) is 0 Å². The van der Waals surface area contributed by atoms with E-state index in [2.05, 4.69) is 18.2 Å². The topological polar surface area (TPSA) is 37.3 Å². The molecule has 0 saturated carbocycles. The number of carboxylic acid groups (broad SMARTS) is 1. The third kappa shape index (κ3) is 1.64. The number of aryl methyl sites for hydroxylation is 1. The first-order valence-corrected chi connectivity index (χ1v) is 5.53. The van der Waals surface area contributed by atoms with Crippen LogP contribution in [0.25, 0.3) is 5.57 Å². The van der Waals surface area contributed by atoms with Gasteiger partial charge in [0.25, 0.3) is 0 Å². The van der Waals surface area contributed by atoms with E-state index in [1.807, 2.05) is 13.8 Å². The van der Waals surface area contributed by atoms with Crippen molar-refractivity contribution in [3.8, 4) is 0 Å². The smallest absolute Gasteiger partial charge is 0.310 e. The largest absolute Gasteiger partial charge is 0.481 e. The number of hydrogen-bond donors (Lipinski definition) is 1. The van der Waals surface area contributed by atoms with E-state index in [9.17, 15) is 4.79 Å². The van der Waals surface area contributed by atoms with Crippen LogP contribution in [0.15, 0.2) is 23.8 Å².